The Labute approximate surface area is 247 Å². The molecule has 0 N–H and O–H groups in total. The number of unbranched alkanes of at least 4 members (excludes halogenated alkanes) is 5. The second-order valence-corrected chi connectivity index (χ2v) is 18.6. The maximum atomic E-state index is 3.96. The van der Waals surface area contributed by atoms with E-state index in [0.29, 0.717) is 0 Å². The molecule has 6 aromatic rings. The van der Waals surface area contributed by atoms with Gasteiger partial charge in [0.15, 0.2) is 0 Å². The van der Waals surface area contributed by atoms with Crippen LogP contribution in [0.3, 0.4) is 0 Å². The summed E-state index contributed by atoms with van der Waals surface area (Å²) in [6, 6.07) is 2.60. The van der Waals surface area contributed by atoms with Crippen LogP contribution in [0.1, 0.15) is 66.3 Å². The highest BCUT2D eigenvalue weighted by atomic mass is 79.9. The normalized spacial score (nSPS) is 18.4. The Bertz CT molecular complexity index is 1770. The Kier molecular flexibility index (Phi) is 5.86. The number of thiophene rings is 6. The van der Waals surface area contributed by atoms with E-state index in [0.717, 1.165) is 5.75 Å². The van der Waals surface area contributed by atoms with Gasteiger partial charge in [-0.15, -0.1) is 79.8 Å². The number of halogens is 1. The molecule has 0 fully saturated rings. The lowest BCUT2D eigenvalue weighted by Gasteiger charge is -2.29. The van der Waals surface area contributed by atoms with Gasteiger partial charge in [-0.1, -0.05) is 39.0 Å². The molecule has 0 saturated heterocycles. The van der Waals surface area contributed by atoms with Crippen molar-refractivity contribution >= 4 is 124 Å². The van der Waals surface area contributed by atoms with E-state index in [2.05, 4.69) is 68.2 Å². The fraction of sp³-hybridized carbons (Fsp3) is 0.357. The minimum Gasteiger partial charge on any atom is -0.143 e. The molecule has 6 aromatic heterocycles. The van der Waals surface area contributed by atoms with Crippen LogP contribution >= 0.6 is 95.7 Å². The van der Waals surface area contributed by atoms with E-state index in [1.807, 2.05) is 56.7 Å². The Morgan fingerprint density at radius 2 is 1.58 bits per heavy atom. The number of fused-ring (bicyclic) bond motifs is 8. The summed E-state index contributed by atoms with van der Waals surface area (Å²) in [5.41, 5.74) is 6.19. The van der Waals surface area contributed by atoms with Crippen LogP contribution in [0, 0.1) is 0 Å². The van der Waals surface area contributed by atoms with Gasteiger partial charge in [0.1, 0.15) is 0 Å². The molecule has 0 radical (unpaired) electrons. The van der Waals surface area contributed by atoms with Gasteiger partial charge in [-0.05, 0) is 51.3 Å². The van der Waals surface area contributed by atoms with E-state index in [9.17, 15) is 0 Å². The van der Waals surface area contributed by atoms with Crippen LogP contribution in [-0.2, 0) is 11.8 Å². The first-order chi connectivity index (χ1) is 17.7. The fourth-order valence-electron chi connectivity index (χ4n) is 6.17. The highest BCUT2D eigenvalue weighted by Gasteiger charge is 2.51. The third kappa shape index (κ3) is 3.19. The van der Waals surface area contributed by atoms with Crippen molar-refractivity contribution in [2.75, 3.05) is 5.75 Å². The highest BCUT2D eigenvalue weighted by Crippen LogP contribution is 2.66. The van der Waals surface area contributed by atoms with E-state index >= 15 is 0 Å². The average molecular weight is 664 g/mol. The van der Waals surface area contributed by atoms with Crippen molar-refractivity contribution in [1.82, 2.24) is 0 Å². The van der Waals surface area contributed by atoms with Crippen LogP contribution in [0.5, 0.6) is 0 Å². The number of aryl methyl sites for hydroxylation is 1. The molecule has 0 aromatic carbocycles. The maximum Gasteiger partial charge on any atom is 0.0892 e. The number of rotatable bonds is 7. The topological polar surface area (TPSA) is 0 Å². The van der Waals surface area contributed by atoms with E-state index in [-0.39, 0.29) is 5.41 Å². The van der Waals surface area contributed by atoms with E-state index in [1.54, 1.807) is 35.9 Å². The third-order valence-electron chi connectivity index (χ3n) is 7.85. The van der Waals surface area contributed by atoms with Crippen molar-refractivity contribution < 1.29 is 0 Å². The molecule has 0 amide bonds. The molecule has 0 unspecified atom stereocenters. The predicted octanol–water partition coefficient (Wildman–Crippen LogP) is 12.6. The van der Waals surface area contributed by atoms with Gasteiger partial charge in [0.25, 0.3) is 0 Å². The average Bonchev–Trinajstić information content (AvgIpc) is 3.67. The van der Waals surface area contributed by atoms with E-state index in [1.165, 1.54) is 78.0 Å². The monoisotopic (exact) mass is 662 g/mol. The van der Waals surface area contributed by atoms with Crippen LogP contribution < -0.4 is 0 Å². The first kappa shape index (κ1) is 23.7. The summed E-state index contributed by atoms with van der Waals surface area (Å²) in [6.07, 6.45) is 9.40. The smallest absolute Gasteiger partial charge is 0.0892 e. The van der Waals surface area contributed by atoms with Crippen molar-refractivity contribution in [2.24, 2.45) is 0 Å². The molecule has 8 heteroatoms. The van der Waals surface area contributed by atoms with Gasteiger partial charge in [-0.25, -0.2) is 0 Å². The van der Waals surface area contributed by atoms with Crippen molar-refractivity contribution in [2.45, 2.75) is 61.5 Å². The fourth-order valence-corrected chi connectivity index (χ4v) is 16.6. The van der Waals surface area contributed by atoms with Crippen LogP contribution in [0.25, 0.3) is 39.3 Å². The zero-order valence-corrected chi connectivity index (χ0v) is 27.0. The van der Waals surface area contributed by atoms with Crippen molar-refractivity contribution in [3.05, 3.63) is 47.6 Å². The summed E-state index contributed by atoms with van der Waals surface area (Å²) in [5, 5.41) is 11.9. The Balaban J connectivity index is 1.34. The van der Waals surface area contributed by atoms with Crippen LogP contribution in [-0.4, -0.2) is 5.75 Å². The molecule has 0 saturated carbocycles. The molecular weight excluding hydrogens is 641 g/mol. The first-order valence-corrected chi connectivity index (χ1v) is 19.5. The highest BCUT2D eigenvalue weighted by molar-refractivity contribution is 9.10. The molecule has 2 aliphatic rings. The molecule has 184 valence electrons. The Morgan fingerprint density at radius 1 is 0.806 bits per heavy atom. The number of thioether (sulfide) groups is 1. The molecule has 1 atom stereocenters. The quantitative estimate of drug-likeness (QED) is 0.153. The van der Waals surface area contributed by atoms with Crippen molar-refractivity contribution in [3.8, 4) is 11.1 Å². The largest absolute Gasteiger partial charge is 0.143 e. The Morgan fingerprint density at radius 3 is 2.50 bits per heavy atom. The van der Waals surface area contributed by atoms with Gasteiger partial charge in [0.2, 0.25) is 0 Å². The van der Waals surface area contributed by atoms with Gasteiger partial charge in [0, 0.05) is 58.0 Å². The van der Waals surface area contributed by atoms with Gasteiger partial charge in [-0.2, -0.15) is 0 Å². The molecule has 8 rings (SSSR count). The zero-order chi connectivity index (χ0) is 24.0. The van der Waals surface area contributed by atoms with E-state index in [4.69, 9.17) is 0 Å². The second kappa shape index (κ2) is 8.91. The van der Waals surface area contributed by atoms with Gasteiger partial charge < -0.3 is 0 Å². The van der Waals surface area contributed by atoms with Crippen molar-refractivity contribution in [1.29, 1.82) is 0 Å². The van der Waals surface area contributed by atoms with Crippen molar-refractivity contribution in [3.63, 3.8) is 0 Å². The van der Waals surface area contributed by atoms with Gasteiger partial charge in [0.05, 0.1) is 21.7 Å². The molecule has 0 bridgehead atoms. The van der Waals surface area contributed by atoms with Crippen LogP contribution in [0.15, 0.2) is 30.9 Å². The third-order valence-corrected chi connectivity index (χ3v) is 17.3. The summed E-state index contributed by atoms with van der Waals surface area (Å²) in [5.74, 6) is 1.13. The maximum absolute atomic E-state index is 3.96. The zero-order valence-electron chi connectivity index (χ0n) is 19.7. The summed E-state index contributed by atoms with van der Waals surface area (Å²) < 4.78 is 7.34. The molecular formula is C28H23BrS7. The van der Waals surface area contributed by atoms with Crippen LogP contribution in [0.2, 0.25) is 0 Å². The van der Waals surface area contributed by atoms with Crippen LogP contribution in [0.4, 0.5) is 0 Å². The second-order valence-electron chi connectivity index (χ2n) is 9.90. The Hall–Kier alpha value is -0.190. The summed E-state index contributed by atoms with van der Waals surface area (Å²) in [6.45, 7) is 2.30. The molecule has 1 aliphatic heterocycles. The lowest BCUT2D eigenvalue weighted by molar-refractivity contribution is 0.609. The summed E-state index contributed by atoms with van der Waals surface area (Å²) in [7, 11) is 0. The van der Waals surface area contributed by atoms with E-state index < -0.39 is 0 Å². The molecule has 0 nitrogen and oxygen atoms in total. The molecule has 7 heterocycles. The summed E-state index contributed by atoms with van der Waals surface area (Å²) in [4.78, 5) is 3.21. The number of hydrogen-bond donors (Lipinski definition) is 0. The minimum atomic E-state index is -0.0375. The predicted molar refractivity (Wildman–Crippen MR) is 173 cm³/mol. The SMILES string of the molecule is CCCCCCCCc1cc2c(s1)[C@]1(CSc3sc4scc(Br)c4c31)c1csc3sc4scc-2c4c13. The first-order valence-electron chi connectivity index (χ1n) is 12.6. The molecule has 1 aliphatic carbocycles. The standard InChI is InChI=1S/C28H23BrS7/c1-2-3-4-5-6-7-8-14-9-15-16-10-30-24-19(16)20-17(11-31-25(20)35-24)28(23(15)34-14)13-33-27-22(28)21-18(29)12-32-26(21)36-27/h9-12H,2-8,13H2,1H3/t28-/m1/s1. The minimum absolute atomic E-state index is 0.0375. The molecule has 36 heavy (non-hydrogen) atoms. The number of hydrogen-bond acceptors (Lipinski definition) is 7. The lowest BCUT2D eigenvalue weighted by atomic mass is 9.75. The van der Waals surface area contributed by atoms with Gasteiger partial charge in [-0.3, -0.25) is 0 Å². The van der Waals surface area contributed by atoms with Gasteiger partial charge >= 0.3 is 0 Å². The summed E-state index contributed by atoms with van der Waals surface area (Å²) >= 11 is 18.1. The molecule has 1 spiro atoms. The lowest BCUT2D eigenvalue weighted by Crippen LogP contribution is -2.28.